The van der Waals surface area contributed by atoms with Crippen molar-refractivity contribution in [2.75, 3.05) is 26.4 Å². The average Bonchev–Trinajstić information content (AvgIpc) is 3.18. The van der Waals surface area contributed by atoms with Gasteiger partial charge >= 0.3 is 19.8 Å². The smallest absolute Gasteiger partial charge is 0.462 e. The lowest BCUT2D eigenvalue weighted by Gasteiger charge is -2.20. The maximum Gasteiger partial charge on any atom is 0.472 e. The molecule has 0 aromatic heterocycles. The van der Waals surface area contributed by atoms with Gasteiger partial charge in [-0.1, -0.05) is 146 Å². The minimum Gasteiger partial charge on any atom is -0.462 e. The van der Waals surface area contributed by atoms with Crippen molar-refractivity contribution >= 4 is 19.8 Å². The van der Waals surface area contributed by atoms with Gasteiger partial charge in [0.05, 0.1) is 25.9 Å². The molecule has 0 bridgehead atoms. The zero-order valence-corrected chi connectivity index (χ0v) is 35.8. The molecule has 4 N–H and O–H groups in total. The molecule has 0 rings (SSSR count). The third-order valence-corrected chi connectivity index (χ3v) is 10.00. The number of phosphoric ester groups is 1. The maximum atomic E-state index is 12.6. The average molecular weight is 815 g/mol. The minimum absolute atomic E-state index is 0.136. The van der Waals surface area contributed by atoms with Crippen LogP contribution in [0.1, 0.15) is 174 Å². The van der Waals surface area contributed by atoms with E-state index in [-0.39, 0.29) is 19.4 Å². The van der Waals surface area contributed by atoms with Crippen LogP contribution >= 0.6 is 7.82 Å². The second-order valence-electron chi connectivity index (χ2n) is 14.5. The highest BCUT2D eigenvalue weighted by Gasteiger charge is 2.27. The first kappa shape index (κ1) is 53.9. The van der Waals surface area contributed by atoms with E-state index in [0.717, 1.165) is 64.2 Å². The molecule has 2 unspecified atom stereocenters. The van der Waals surface area contributed by atoms with Crippen LogP contribution in [0.5, 0.6) is 0 Å². The van der Waals surface area contributed by atoms with E-state index in [1.54, 1.807) is 6.08 Å². The number of aliphatic hydroxyl groups is 3. The molecule has 0 aliphatic carbocycles. The summed E-state index contributed by atoms with van der Waals surface area (Å²) in [6.07, 6.45) is 38.3. The Morgan fingerprint density at radius 1 is 0.607 bits per heavy atom. The van der Waals surface area contributed by atoms with E-state index >= 15 is 0 Å². The molecule has 56 heavy (non-hydrogen) atoms. The Labute approximate surface area is 339 Å². The highest BCUT2D eigenvalue weighted by atomic mass is 31.2. The molecule has 0 fully saturated rings. The summed E-state index contributed by atoms with van der Waals surface area (Å²) < 4.78 is 32.7. The second kappa shape index (κ2) is 39.7. The zero-order chi connectivity index (χ0) is 41.4. The van der Waals surface area contributed by atoms with Crippen molar-refractivity contribution in [3.8, 4) is 0 Å². The summed E-state index contributed by atoms with van der Waals surface area (Å²) in [4.78, 5) is 35.0. The van der Waals surface area contributed by atoms with Gasteiger partial charge in [0.15, 0.2) is 6.10 Å². The molecule has 0 aromatic carbocycles. The molecule has 0 amide bonds. The van der Waals surface area contributed by atoms with E-state index in [1.807, 2.05) is 24.3 Å². The molecule has 326 valence electrons. The van der Waals surface area contributed by atoms with Crippen molar-refractivity contribution in [1.29, 1.82) is 0 Å². The van der Waals surface area contributed by atoms with Gasteiger partial charge in [-0.2, -0.15) is 0 Å². The summed E-state index contributed by atoms with van der Waals surface area (Å²) in [5.41, 5.74) is 0. The Kier molecular flexibility index (Phi) is 38.2. The fourth-order valence-electron chi connectivity index (χ4n) is 5.67. The minimum atomic E-state index is -4.64. The van der Waals surface area contributed by atoms with Gasteiger partial charge in [-0.15, -0.1) is 0 Å². The highest BCUT2D eigenvalue weighted by molar-refractivity contribution is 7.47. The summed E-state index contributed by atoms with van der Waals surface area (Å²) in [7, 11) is -4.64. The number of rotatable bonds is 40. The van der Waals surface area contributed by atoms with Gasteiger partial charge in [0.1, 0.15) is 12.7 Å². The van der Waals surface area contributed by atoms with E-state index in [9.17, 15) is 29.3 Å². The fourth-order valence-corrected chi connectivity index (χ4v) is 6.46. The molecule has 0 aromatic rings. The van der Waals surface area contributed by atoms with E-state index in [2.05, 4.69) is 36.6 Å². The number of aliphatic hydroxyl groups excluding tert-OH is 3. The number of unbranched alkanes of at least 4 members (excludes halogenated alkanes) is 18. The van der Waals surface area contributed by atoms with Gasteiger partial charge < -0.3 is 29.7 Å². The van der Waals surface area contributed by atoms with Crippen LogP contribution in [-0.4, -0.2) is 76.9 Å². The number of carbonyl (C=O) groups is 2. The van der Waals surface area contributed by atoms with E-state index in [0.29, 0.717) is 19.3 Å². The van der Waals surface area contributed by atoms with Gasteiger partial charge in [0.25, 0.3) is 0 Å². The third kappa shape index (κ3) is 38.7. The lowest BCUT2D eigenvalue weighted by Crippen LogP contribution is -2.29. The normalized spacial score (nSPS) is 14.9. The zero-order valence-electron chi connectivity index (χ0n) is 35.0. The van der Waals surface area contributed by atoms with E-state index < -0.39 is 57.9 Å². The molecule has 11 nitrogen and oxygen atoms in total. The molecule has 4 atom stereocenters. The molecular formula is C44H79O11P. The predicted octanol–water partition coefficient (Wildman–Crippen LogP) is 10.3. The number of esters is 2. The number of allylic oxidation sites excluding steroid dienone is 6. The Morgan fingerprint density at radius 3 is 1.70 bits per heavy atom. The second-order valence-corrected chi connectivity index (χ2v) is 16.0. The molecule has 0 saturated heterocycles. The lowest BCUT2D eigenvalue weighted by molar-refractivity contribution is -0.161. The quantitative estimate of drug-likeness (QED) is 0.0153. The SMILES string of the molecule is CC/C=C/CC(O)/C=C/C=C/CCCCCCCC(=O)O[C@H](COC(=O)CCCCCCCCC/C=C\CCCCCCCC)COP(=O)(O)OC[C@@H](O)CO. The molecule has 0 saturated carbocycles. The molecule has 0 spiro atoms. The third-order valence-electron chi connectivity index (χ3n) is 9.05. The predicted molar refractivity (Wildman–Crippen MR) is 225 cm³/mol. The number of hydrogen-bond donors (Lipinski definition) is 4. The number of hydrogen-bond acceptors (Lipinski definition) is 10. The summed E-state index contributed by atoms with van der Waals surface area (Å²) in [5.74, 6) is -0.984. The summed E-state index contributed by atoms with van der Waals surface area (Å²) in [5, 5.41) is 28.2. The Balaban J connectivity index is 4.36. The first-order valence-corrected chi connectivity index (χ1v) is 23.2. The van der Waals surface area contributed by atoms with Crippen LogP contribution in [0.15, 0.2) is 48.6 Å². The summed E-state index contributed by atoms with van der Waals surface area (Å²) in [6, 6.07) is 0. The monoisotopic (exact) mass is 815 g/mol. The summed E-state index contributed by atoms with van der Waals surface area (Å²) in [6.45, 7) is 2.11. The Bertz CT molecular complexity index is 1090. The van der Waals surface area contributed by atoms with Crippen LogP contribution in [0.3, 0.4) is 0 Å². The van der Waals surface area contributed by atoms with Gasteiger partial charge in [-0.25, -0.2) is 4.57 Å². The van der Waals surface area contributed by atoms with Crippen LogP contribution in [0.2, 0.25) is 0 Å². The summed E-state index contributed by atoms with van der Waals surface area (Å²) >= 11 is 0. The van der Waals surface area contributed by atoms with Gasteiger partial charge in [-0.05, 0) is 64.2 Å². The van der Waals surface area contributed by atoms with Crippen LogP contribution in [0.4, 0.5) is 0 Å². The standard InChI is InChI=1S/C44H79O11P/c1-3-5-7-8-9-10-11-12-13-14-15-16-17-20-23-26-30-34-43(48)52-38-42(39-54-56(50,51)53-37-41(47)36-45)55-44(49)35-31-27-24-21-18-19-22-25-29-33-40(46)32-28-6-4-2/h6,12-13,22,25,28-29,33,40-42,45-47H,3-5,7-11,14-21,23-24,26-27,30-32,34-39H2,1-2H3,(H,50,51)/b13-12-,25-22+,28-6+,33-29+/t40?,41-,42+/m0/s1. The van der Waals surface area contributed by atoms with Crippen molar-refractivity contribution < 1.29 is 52.9 Å². The number of carbonyl (C=O) groups excluding carboxylic acids is 2. The van der Waals surface area contributed by atoms with Crippen LogP contribution in [0, 0.1) is 0 Å². The van der Waals surface area contributed by atoms with Crippen LogP contribution < -0.4 is 0 Å². The van der Waals surface area contributed by atoms with E-state index in [1.165, 1.54) is 64.2 Å². The molecule has 0 aliphatic heterocycles. The van der Waals surface area contributed by atoms with Crippen molar-refractivity contribution in [2.24, 2.45) is 0 Å². The van der Waals surface area contributed by atoms with Gasteiger partial charge in [0, 0.05) is 12.8 Å². The van der Waals surface area contributed by atoms with Crippen molar-refractivity contribution in [3.05, 3.63) is 48.6 Å². The number of ether oxygens (including phenoxy) is 2. The van der Waals surface area contributed by atoms with Crippen LogP contribution in [-0.2, 0) is 32.7 Å². The Morgan fingerprint density at radius 2 is 1.12 bits per heavy atom. The highest BCUT2D eigenvalue weighted by Crippen LogP contribution is 2.43. The topological polar surface area (TPSA) is 169 Å². The first-order chi connectivity index (χ1) is 27.1. The maximum absolute atomic E-state index is 12.6. The van der Waals surface area contributed by atoms with E-state index in [4.69, 9.17) is 19.1 Å². The Hall–Kier alpha value is -2.11. The van der Waals surface area contributed by atoms with Gasteiger partial charge in [-0.3, -0.25) is 18.6 Å². The fraction of sp³-hybridized carbons (Fsp3) is 0.773. The molecule has 0 aliphatic rings. The molecule has 12 heteroatoms. The van der Waals surface area contributed by atoms with Crippen molar-refractivity contribution in [3.63, 3.8) is 0 Å². The van der Waals surface area contributed by atoms with Crippen LogP contribution in [0.25, 0.3) is 0 Å². The first-order valence-electron chi connectivity index (χ1n) is 21.7. The molecular weight excluding hydrogens is 735 g/mol. The number of phosphoric acid groups is 1. The largest absolute Gasteiger partial charge is 0.472 e. The van der Waals surface area contributed by atoms with Gasteiger partial charge in [0.2, 0.25) is 0 Å². The van der Waals surface area contributed by atoms with Crippen molar-refractivity contribution in [2.45, 2.75) is 193 Å². The lowest BCUT2D eigenvalue weighted by atomic mass is 10.1. The molecule has 0 radical (unpaired) electrons. The molecule has 0 heterocycles. The van der Waals surface area contributed by atoms with Crippen molar-refractivity contribution in [1.82, 2.24) is 0 Å².